The van der Waals surface area contributed by atoms with Crippen molar-refractivity contribution in [3.8, 4) is 17.0 Å². The number of carboxylic acids is 1. The molecule has 0 saturated heterocycles. The lowest BCUT2D eigenvalue weighted by Crippen LogP contribution is -1.99. The summed E-state index contributed by atoms with van der Waals surface area (Å²) in [5.74, 6) is -0.601. The quantitative estimate of drug-likeness (QED) is 0.790. The van der Waals surface area contributed by atoms with Crippen LogP contribution in [-0.2, 0) is 0 Å². The Labute approximate surface area is 107 Å². The Hall–Kier alpha value is -2.21. The van der Waals surface area contributed by atoms with Gasteiger partial charge >= 0.3 is 5.97 Å². The SMILES string of the molecule is COc1ccc(-c2nc(N)[nH]c2C(=O)O)cc1Cl. The standard InChI is InChI=1S/C11H10ClN3O3/c1-18-7-3-2-5(4-6(7)12)8-9(10(16)17)15-11(13)14-8/h2-4H,1H3,(H,16,17)(H3,13,14,15). The number of carbonyl (C=O) groups is 1. The maximum atomic E-state index is 11.0. The molecule has 0 saturated carbocycles. The van der Waals surface area contributed by atoms with Gasteiger partial charge in [-0.2, -0.15) is 0 Å². The van der Waals surface area contributed by atoms with Gasteiger partial charge in [-0.15, -0.1) is 0 Å². The number of ether oxygens (including phenoxy) is 1. The third kappa shape index (κ3) is 2.10. The van der Waals surface area contributed by atoms with Gasteiger partial charge in [0.15, 0.2) is 11.6 Å². The molecule has 0 atom stereocenters. The van der Waals surface area contributed by atoms with E-state index in [1.807, 2.05) is 0 Å². The number of hydrogen-bond acceptors (Lipinski definition) is 4. The molecule has 0 amide bonds. The van der Waals surface area contributed by atoms with Crippen LogP contribution >= 0.6 is 11.6 Å². The Morgan fingerprint density at radius 3 is 2.83 bits per heavy atom. The number of aromatic nitrogens is 2. The predicted octanol–water partition coefficient (Wildman–Crippen LogP) is 2.02. The minimum atomic E-state index is -1.14. The maximum Gasteiger partial charge on any atom is 0.354 e. The van der Waals surface area contributed by atoms with Crippen molar-refractivity contribution in [2.45, 2.75) is 0 Å². The van der Waals surface area contributed by atoms with E-state index in [9.17, 15) is 4.79 Å². The Bertz CT molecular complexity index is 610. The Morgan fingerprint density at radius 1 is 1.56 bits per heavy atom. The molecule has 1 heterocycles. The fraction of sp³-hybridized carbons (Fsp3) is 0.0909. The first-order valence-corrected chi connectivity index (χ1v) is 5.33. The van der Waals surface area contributed by atoms with Crippen LogP contribution < -0.4 is 10.5 Å². The number of halogens is 1. The highest BCUT2D eigenvalue weighted by Crippen LogP contribution is 2.31. The molecule has 2 rings (SSSR count). The molecule has 0 aliphatic rings. The van der Waals surface area contributed by atoms with E-state index in [1.54, 1.807) is 18.2 Å². The third-order valence-electron chi connectivity index (χ3n) is 2.36. The van der Waals surface area contributed by atoms with Crippen LogP contribution in [0.5, 0.6) is 5.75 Å². The lowest BCUT2D eigenvalue weighted by atomic mass is 10.1. The number of H-pyrrole nitrogens is 1. The van der Waals surface area contributed by atoms with Crippen LogP contribution in [0, 0.1) is 0 Å². The summed E-state index contributed by atoms with van der Waals surface area (Å²) in [6, 6.07) is 4.86. The normalized spacial score (nSPS) is 10.3. The number of nitrogens with one attached hydrogen (secondary N) is 1. The lowest BCUT2D eigenvalue weighted by Gasteiger charge is -2.04. The molecule has 0 fully saturated rings. The molecule has 6 nitrogen and oxygen atoms in total. The number of nitrogens with zero attached hydrogens (tertiary/aromatic N) is 1. The smallest absolute Gasteiger partial charge is 0.354 e. The zero-order chi connectivity index (χ0) is 13.3. The molecule has 0 bridgehead atoms. The van der Waals surface area contributed by atoms with E-state index in [4.69, 9.17) is 27.2 Å². The zero-order valence-electron chi connectivity index (χ0n) is 9.40. The Morgan fingerprint density at radius 2 is 2.28 bits per heavy atom. The first-order valence-electron chi connectivity index (χ1n) is 4.95. The van der Waals surface area contributed by atoms with E-state index < -0.39 is 5.97 Å². The highest BCUT2D eigenvalue weighted by atomic mass is 35.5. The number of nitrogen functional groups attached to an aromatic ring is 1. The molecule has 1 aromatic carbocycles. The molecular weight excluding hydrogens is 258 g/mol. The number of carboxylic acid groups (broad SMARTS) is 1. The number of nitrogens with two attached hydrogens (primary N) is 1. The van der Waals surface area contributed by atoms with E-state index in [0.717, 1.165) is 0 Å². The summed E-state index contributed by atoms with van der Waals surface area (Å²) < 4.78 is 5.02. The third-order valence-corrected chi connectivity index (χ3v) is 2.66. The summed E-state index contributed by atoms with van der Waals surface area (Å²) in [4.78, 5) is 17.5. The largest absolute Gasteiger partial charge is 0.495 e. The first kappa shape index (κ1) is 12.3. The van der Waals surface area contributed by atoms with E-state index >= 15 is 0 Å². The molecule has 2 aromatic rings. The summed E-state index contributed by atoms with van der Waals surface area (Å²) in [6.07, 6.45) is 0. The van der Waals surface area contributed by atoms with E-state index in [-0.39, 0.29) is 17.3 Å². The molecule has 94 valence electrons. The second kappa shape index (κ2) is 4.58. The van der Waals surface area contributed by atoms with Crippen molar-refractivity contribution in [3.63, 3.8) is 0 Å². The average Bonchev–Trinajstić information content (AvgIpc) is 2.71. The second-order valence-corrected chi connectivity index (χ2v) is 3.91. The summed E-state index contributed by atoms with van der Waals surface area (Å²) in [5.41, 5.74) is 6.17. The van der Waals surface area contributed by atoms with Gasteiger partial charge < -0.3 is 20.6 Å². The van der Waals surface area contributed by atoms with Crippen molar-refractivity contribution in [2.24, 2.45) is 0 Å². The molecule has 0 aliphatic heterocycles. The zero-order valence-corrected chi connectivity index (χ0v) is 10.2. The van der Waals surface area contributed by atoms with Gasteiger partial charge in [-0.05, 0) is 18.2 Å². The number of methoxy groups -OCH3 is 1. The lowest BCUT2D eigenvalue weighted by molar-refractivity contribution is 0.0692. The van der Waals surface area contributed by atoms with Crippen molar-refractivity contribution in [2.75, 3.05) is 12.8 Å². The summed E-state index contributed by atoms with van der Waals surface area (Å²) in [6.45, 7) is 0. The monoisotopic (exact) mass is 267 g/mol. The molecule has 0 aliphatic carbocycles. The van der Waals surface area contributed by atoms with Gasteiger partial charge in [0.05, 0.1) is 12.1 Å². The van der Waals surface area contributed by atoms with E-state index in [2.05, 4.69) is 9.97 Å². The van der Waals surface area contributed by atoms with Gasteiger partial charge in [0, 0.05) is 5.56 Å². The Balaban J connectivity index is 2.55. The topological polar surface area (TPSA) is 101 Å². The summed E-state index contributed by atoms with van der Waals surface area (Å²) in [7, 11) is 1.50. The van der Waals surface area contributed by atoms with Crippen molar-refractivity contribution in [1.29, 1.82) is 0 Å². The number of imidazole rings is 1. The van der Waals surface area contributed by atoms with Gasteiger partial charge in [-0.25, -0.2) is 9.78 Å². The first-order chi connectivity index (χ1) is 8.52. The van der Waals surface area contributed by atoms with Gasteiger partial charge in [0.2, 0.25) is 0 Å². The number of anilines is 1. The van der Waals surface area contributed by atoms with Crippen molar-refractivity contribution < 1.29 is 14.6 Å². The number of benzene rings is 1. The minimum Gasteiger partial charge on any atom is -0.495 e. The Kier molecular flexibility index (Phi) is 3.12. The number of hydrogen-bond donors (Lipinski definition) is 3. The molecule has 0 unspecified atom stereocenters. The highest BCUT2D eigenvalue weighted by Gasteiger charge is 2.17. The molecule has 0 radical (unpaired) electrons. The molecular formula is C11H10ClN3O3. The summed E-state index contributed by atoms with van der Waals surface area (Å²) in [5, 5.41) is 9.39. The molecule has 7 heteroatoms. The van der Waals surface area contributed by atoms with Crippen molar-refractivity contribution in [1.82, 2.24) is 9.97 Å². The van der Waals surface area contributed by atoms with Gasteiger partial charge in [0.25, 0.3) is 0 Å². The van der Waals surface area contributed by atoms with Gasteiger partial charge in [0.1, 0.15) is 11.4 Å². The van der Waals surface area contributed by atoms with E-state index in [1.165, 1.54) is 7.11 Å². The second-order valence-electron chi connectivity index (χ2n) is 3.50. The van der Waals surface area contributed by atoms with Crippen LogP contribution in [0.3, 0.4) is 0 Å². The van der Waals surface area contributed by atoms with Crippen LogP contribution in [0.25, 0.3) is 11.3 Å². The average molecular weight is 268 g/mol. The molecule has 4 N–H and O–H groups in total. The maximum absolute atomic E-state index is 11.0. The van der Waals surface area contributed by atoms with Crippen LogP contribution in [0.2, 0.25) is 5.02 Å². The van der Waals surface area contributed by atoms with E-state index in [0.29, 0.717) is 16.3 Å². The fourth-order valence-corrected chi connectivity index (χ4v) is 1.83. The van der Waals surface area contributed by atoms with Gasteiger partial charge in [-0.3, -0.25) is 0 Å². The highest BCUT2D eigenvalue weighted by molar-refractivity contribution is 6.32. The van der Waals surface area contributed by atoms with Gasteiger partial charge in [-0.1, -0.05) is 11.6 Å². The molecule has 18 heavy (non-hydrogen) atoms. The van der Waals surface area contributed by atoms with Crippen LogP contribution in [-0.4, -0.2) is 28.2 Å². The van der Waals surface area contributed by atoms with Crippen LogP contribution in [0.1, 0.15) is 10.5 Å². The number of rotatable bonds is 3. The number of aromatic carboxylic acids is 1. The molecule has 1 aromatic heterocycles. The van der Waals surface area contributed by atoms with Crippen molar-refractivity contribution in [3.05, 3.63) is 28.9 Å². The minimum absolute atomic E-state index is 0.0364. The molecule has 0 spiro atoms. The van der Waals surface area contributed by atoms with Crippen molar-refractivity contribution >= 4 is 23.5 Å². The predicted molar refractivity (Wildman–Crippen MR) is 67.0 cm³/mol. The van der Waals surface area contributed by atoms with Crippen LogP contribution in [0.4, 0.5) is 5.95 Å². The fourth-order valence-electron chi connectivity index (χ4n) is 1.57. The summed E-state index contributed by atoms with van der Waals surface area (Å²) >= 11 is 5.98. The van der Waals surface area contributed by atoms with Crippen LogP contribution in [0.15, 0.2) is 18.2 Å². The number of aromatic amines is 1.